The van der Waals surface area contributed by atoms with Crippen LogP contribution in [0, 0.1) is 6.92 Å². The van der Waals surface area contributed by atoms with Gasteiger partial charge in [-0.3, -0.25) is 14.0 Å². The van der Waals surface area contributed by atoms with E-state index in [2.05, 4.69) is 45.5 Å². The molecule has 0 saturated heterocycles. The molecule has 0 saturated carbocycles. The molecular weight excluding hydrogens is 520 g/mol. The highest BCUT2D eigenvalue weighted by atomic mass is 16.5. The van der Waals surface area contributed by atoms with E-state index >= 15 is 0 Å². The largest absolute Gasteiger partial charge is 0.474 e. The molecule has 0 aliphatic rings. The van der Waals surface area contributed by atoms with Crippen LogP contribution in [0.15, 0.2) is 31.4 Å². The van der Waals surface area contributed by atoms with Crippen molar-refractivity contribution in [2.45, 2.75) is 86.8 Å². The summed E-state index contributed by atoms with van der Waals surface area (Å²) in [6.45, 7) is 22.4. The minimum Gasteiger partial charge on any atom is -0.474 e. The van der Waals surface area contributed by atoms with Crippen LogP contribution in [0.1, 0.15) is 65.4 Å². The van der Waals surface area contributed by atoms with Crippen molar-refractivity contribution >= 4 is 11.9 Å². The SMILES string of the molecule is C=Cc1cnc2ncc(-c3cnn(C)c3OC(C)CN(CC)Cc3c(C)c(OC(C)C)nn3CC(C)O)cn12.CC. The number of aromatic nitrogens is 7. The molecule has 2 unspecified atom stereocenters. The molecule has 4 rings (SSSR count). The first-order valence-corrected chi connectivity index (χ1v) is 14.4. The molecule has 0 aliphatic carbocycles. The van der Waals surface area contributed by atoms with Gasteiger partial charge in [0.2, 0.25) is 17.5 Å². The van der Waals surface area contributed by atoms with Gasteiger partial charge in [0.15, 0.2) is 0 Å². The Balaban J connectivity index is 0.00000226. The summed E-state index contributed by atoms with van der Waals surface area (Å²) in [5, 5.41) is 19.2. The van der Waals surface area contributed by atoms with Crippen molar-refractivity contribution in [2.24, 2.45) is 7.05 Å². The van der Waals surface area contributed by atoms with E-state index in [1.165, 1.54) is 0 Å². The summed E-state index contributed by atoms with van der Waals surface area (Å²) >= 11 is 0. The van der Waals surface area contributed by atoms with E-state index in [0.717, 1.165) is 34.6 Å². The number of aliphatic hydroxyl groups is 1. The minimum atomic E-state index is -0.519. The Morgan fingerprint density at radius 2 is 1.80 bits per heavy atom. The molecule has 224 valence electrons. The maximum Gasteiger partial charge on any atom is 0.236 e. The number of rotatable bonds is 13. The van der Waals surface area contributed by atoms with E-state index in [0.29, 0.717) is 37.2 Å². The zero-order chi connectivity index (χ0) is 30.3. The zero-order valence-corrected chi connectivity index (χ0v) is 26.0. The molecule has 41 heavy (non-hydrogen) atoms. The zero-order valence-electron chi connectivity index (χ0n) is 26.0. The summed E-state index contributed by atoms with van der Waals surface area (Å²) in [6, 6.07) is 0. The van der Waals surface area contributed by atoms with Crippen molar-refractivity contribution in [3.05, 3.63) is 48.3 Å². The van der Waals surface area contributed by atoms with Gasteiger partial charge >= 0.3 is 0 Å². The van der Waals surface area contributed by atoms with E-state index in [4.69, 9.17) is 9.47 Å². The summed E-state index contributed by atoms with van der Waals surface area (Å²) in [5.74, 6) is 1.89. The van der Waals surface area contributed by atoms with Gasteiger partial charge in [-0.15, -0.1) is 5.10 Å². The van der Waals surface area contributed by atoms with Gasteiger partial charge in [-0.1, -0.05) is 27.4 Å². The van der Waals surface area contributed by atoms with Crippen molar-refractivity contribution in [3.8, 4) is 22.9 Å². The second-order valence-corrected chi connectivity index (χ2v) is 10.2. The van der Waals surface area contributed by atoms with E-state index in [-0.39, 0.29) is 12.2 Å². The number of imidazole rings is 1. The molecule has 0 bridgehead atoms. The van der Waals surface area contributed by atoms with Crippen LogP contribution in [-0.2, 0) is 20.1 Å². The second-order valence-electron chi connectivity index (χ2n) is 10.2. The Morgan fingerprint density at radius 1 is 1.10 bits per heavy atom. The monoisotopic (exact) mass is 566 g/mol. The third-order valence-electron chi connectivity index (χ3n) is 6.51. The average molecular weight is 567 g/mol. The predicted molar refractivity (Wildman–Crippen MR) is 162 cm³/mol. The Kier molecular flexibility index (Phi) is 11.1. The first-order valence-electron chi connectivity index (χ1n) is 14.4. The molecule has 2 atom stereocenters. The third-order valence-corrected chi connectivity index (χ3v) is 6.51. The van der Waals surface area contributed by atoms with E-state index < -0.39 is 6.10 Å². The summed E-state index contributed by atoms with van der Waals surface area (Å²) in [6.07, 6.45) is 8.41. The van der Waals surface area contributed by atoms with Gasteiger partial charge in [-0.05, 0) is 47.2 Å². The molecule has 1 N–H and O–H groups in total. The summed E-state index contributed by atoms with van der Waals surface area (Å²) in [4.78, 5) is 11.1. The number of ether oxygens (including phenoxy) is 2. The highest BCUT2D eigenvalue weighted by Crippen LogP contribution is 2.30. The summed E-state index contributed by atoms with van der Waals surface area (Å²) < 4.78 is 17.9. The summed E-state index contributed by atoms with van der Waals surface area (Å²) in [5.41, 5.74) is 4.62. The lowest BCUT2D eigenvalue weighted by Crippen LogP contribution is -2.35. The molecule has 4 aromatic rings. The number of aliphatic hydroxyl groups excluding tert-OH is 1. The number of fused-ring (bicyclic) bond motifs is 1. The van der Waals surface area contributed by atoms with Crippen LogP contribution in [0.2, 0.25) is 0 Å². The molecular formula is C30H46N8O3. The molecule has 0 aromatic carbocycles. The van der Waals surface area contributed by atoms with Crippen molar-refractivity contribution in [2.75, 3.05) is 13.1 Å². The van der Waals surface area contributed by atoms with Crippen LogP contribution >= 0.6 is 0 Å². The molecule has 0 aliphatic heterocycles. The standard InChI is InChI=1S/C28H40N8O3.C2H6/c1-9-23-12-30-28-29-11-22(16-35(23)28)24-13-31-33(8)27(24)39-20(6)15-34(10-2)17-25-21(7)26(38-18(3)4)32-36(25)14-19(5)37;1-2/h9,11-13,16,18-20,37H,1,10,14-15,17H2,2-8H3;1-2H3. The Morgan fingerprint density at radius 3 is 2.44 bits per heavy atom. The van der Waals surface area contributed by atoms with Gasteiger partial charge < -0.3 is 14.6 Å². The molecule has 11 nitrogen and oxygen atoms in total. The van der Waals surface area contributed by atoms with Crippen molar-refractivity contribution in [1.82, 2.24) is 38.8 Å². The maximum absolute atomic E-state index is 10.1. The maximum atomic E-state index is 10.1. The third kappa shape index (κ3) is 7.53. The van der Waals surface area contributed by atoms with Crippen molar-refractivity contribution in [1.29, 1.82) is 0 Å². The molecule has 0 amide bonds. The number of likely N-dealkylation sites (N-methyl/N-ethyl adjacent to an activating group) is 1. The normalized spacial score (nSPS) is 12.9. The second kappa shape index (κ2) is 14.3. The van der Waals surface area contributed by atoms with Crippen LogP contribution in [0.5, 0.6) is 11.8 Å². The minimum absolute atomic E-state index is 0.0169. The van der Waals surface area contributed by atoms with E-state index in [1.54, 1.807) is 36.3 Å². The number of hydrogen-bond donors (Lipinski definition) is 1. The van der Waals surface area contributed by atoms with Crippen molar-refractivity contribution < 1.29 is 14.6 Å². The Bertz CT molecular complexity index is 1420. The predicted octanol–water partition coefficient (Wildman–Crippen LogP) is 4.76. The highest BCUT2D eigenvalue weighted by molar-refractivity contribution is 5.68. The summed E-state index contributed by atoms with van der Waals surface area (Å²) in [7, 11) is 1.87. The van der Waals surface area contributed by atoms with Gasteiger partial charge in [-0.2, -0.15) is 5.10 Å². The smallest absolute Gasteiger partial charge is 0.236 e. The van der Waals surface area contributed by atoms with Crippen LogP contribution in [0.4, 0.5) is 0 Å². The number of aryl methyl sites for hydroxylation is 1. The van der Waals surface area contributed by atoms with Gasteiger partial charge in [0.25, 0.3) is 0 Å². The molecule has 0 fully saturated rings. The fourth-order valence-corrected chi connectivity index (χ4v) is 4.55. The lowest BCUT2D eigenvalue weighted by Gasteiger charge is -2.26. The Labute approximate surface area is 243 Å². The van der Waals surface area contributed by atoms with Crippen LogP contribution in [0.3, 0.4) is 0 Å². The first-order chi connectivity index (χ1) is 19.6. The molecule has 0 spiro atoms. The van der Waals surface area contributed by atoms with E-state index in [1.807, 2.05) is 56.9 Å². The van der Waals surface area contributed by atoms with Crippen LogP contribution in [-0.4, -0.2) is 75.3 Å². The lowest BCUT2D eigenvalue weighted by atomic mass is 10.2. The van der Waals surface area contributed by atoms with Gasteiger partial charge in [-0.25, -0.2) is 14.6 Å². The number of nitrogens with zero attached hydrogens (tertiary/aromatic N) is 8. The quantitative estimate of drug-likeness (QED) is 0.247. The topological polar surface area (TPSA) is 108 Å². The first kappa shape index (κ1) is 31.8. The molecule has 4 aromatic heterocycles. The van der Waals surface area contributed by atoms with Gasteiger partial charge in [0.1, 0.15) is 6.10 Å². The fraction of sp³-hybridized carbons (Fsp3) is 0.533. The highest BCUT2D eigenvalue weighted by Gasteiger charge is 2.22. The van der Waals surface area contributed by atoms with Crippen molar-refractivity contribution in [3.63, 3.8) is 0 Å². The van der Waals surface area contributed by atoms with Crippen LogP contribution < -0.4 is 9.47 Å². The average Bonchev–Trinajstić information content (AvgIpc) is 3.60. The Hall–Kier alpha value is -3.70. The van der Waals surface area contributed by atoms with Gasteiger partial charge in [0.05, 0.1) is 48.1 Å². The molecule has 11 heteroatoms. The molecule has 0 radical (unpaired) electrons. The van der Waals surface area contributed by atoms with Gasteiger partial charge in [0, 0.05) is 43.7 Å². The van der Waals surface area contributed by atoms with Crippen LogP contribution in [0.25, 0.3) is 23.0 Å². The number of hydrogen-bond acceptors (Lipinski definition) is 8. The fourth-order valence-electron chi connectivity index (χ4n) is 4.55. The molecule has 4 heterocycles. The lowest BCUT2D eigenvalue weighted by molar-refractivity contribution is 0.131. The van der Waals surface area contributed by atoms with E-state index in [9.17, 15) is 5.11 Å².